The van der Waals surface area contributed by atoms with Crippen LogP contribution in [0, 0.1) is 0 Å². The summed E-state index contributed by atoms with van der Waals surface area (Å²) in [6.07, 6.45) is 0. The molecule has 86 valence electrons. The lowest BCUT2D eigenvalue weighted by Gasteiger charge is -2.07. The predicted octanol–water partition coefficient (Wildman–Crippen LogP) is 1.16. The summed E-state index contributed by atoms with van der Waals surface area (Å²) < 4.78 is 5.21. The first-order valence-corrected chi connectivity index (χ1v) is 4.95. The summed E-state index contributed by atoms with van der Waals surface area (Å²) >= 11 is 5.88. The average Bonchev–Trinajstić information content (AvgIpc) is 2.22. The SMILES string of the molecule is CCOc1ccc(NC(=O)C(N)=O)cc1Cl. The number of ether oxygens (including phenoxy) is 1. The minimum atomic E-state index is -1.05. The van der Waals surface area contributed by atoms with Crippen LogP contribution in [0.5, 0.6) is 5.75 Å². The maximum atomic E-state index is 11.0. The van der Waals surface area contributed by atoms with E-state index in [1.165, 1.54) is 6.07 Å². The van der Waals surface area contributed by atoms with Crippen LogP contribution in [0.2, 0.25) is 5.02 Å². The molecule has 0 aliphatic carbocycles. The standard InChI is InChI=1S/C10H11ClN2O3/c1-2-16-8-4-3-6(5-7(8)11)13-10(15)9(12)14/h3-5H,2H2,1H3,(H2,12,14)(H,13,15). The van der Waals surface area contributed by atoms with Crippen molar-refractivity contribution in [3.05, 3.63) is 23.2 Å². The highest BCUT2D eigenvalue weighted by atomic mass is 35.5. The maximum Gasteiger partial charge on any atom is 0.313 e. The number of amides is 2. The molecule has 3 N–H and O–H groups in total. The molecular formula is C10H11ClN2O3. The molecule has 0 aromatic heterocycles. The van der Waals surface area contributed by atoms with Gasteiger partial charge in [0.1, 0.15) is 5.75 Å². The fourth-order valence-corrected chi connectivity index (χ4v) is 1.28. The molecule has 0 saturated carbocycles. The van der Waals surface area contributed by atoms with E-state index in [9.17, 15) is 9.59 Å². The van der Waals surface area contributed by atoms with Crippen molar-refractivity contribution < 1.29 is 14.3 Å². The van der Waals surface area contributed by atoms with E-state index in [2.05, 4.69) is 5.32 Å². The summed E-state index contributed by atoms with van der Waals surface area (Å²) in [6, 6.07) is 4.65. The van der Waals surface area contributed by atoms with Gasteiger partial charge in [0.15, 0.2) is 0 Å². The van der Waals surface area contributed by atoms with Crippen molar-refractivity contribution in [3.63, 3.8) is 0 Å². The number of benzene rings is 1. The van der Waals surface area contributed by atoms with E-state index in [0.29, 0.717) is 23.1 Å². The Balaban J connectivity index is 2.81. The van der Waals surface area contributed by atoms with Crippen LogP contribution in [-0.4, -0.2) is 18.4 Å². The number of rotatable bonds is 3. The highest BCUT2D eigenvalue weighted by Crippen LogP contribution is 2.27. The Morgan fingerprint density at radius 2 is 2.19 bits per heavy atom. The average molecular weight is 243 g/mol. The van der Waals surface area contributed by atoms with Gasteiger partial charge in [-0.25, -0.2) is 0 Å². The number of carbonyl (C=O) groups is 2. The zero-order valence-electron chi connectivity index (χ0n) is 8.62. The van der Waals surface area contributed by atoms with E-state index in [1.807, 2.05) is 6.92 Å². The molecule has 0 atom stereocenters. The second-order valence-corrected chi connectivity index (χ2v) is 3.30. The molecule has 16 heavy (non-hydrogen) atoms. The molecule has 0 unspecified atom stereocenters. The van der Waals surface area contributed by atoms with Gasteiger partial charge < -0.3 is 15.8 Å². The predicted molar refractivity (Wildman–Crippen MR) is 60.4 cm³/mol. The van der Waals surface area contributed by atoms with Gasteiger partial charge in [-0.2, -0.15) is 0 Å². The molecule has 0 spiro atoms. The third-order valence-electron chi connectivity index (χ3n) is 1.71. The normalized spacial score (nSPS) is 9.62. The fraction of sp³-hybridized carbons (Fsp3) is 0.200. The van der Waals surface area contributed by atoms with Crippen LogP contribution in [0.3, 0.4) is 0 Å². The fourth-order valence-electron chi connectivity index (χ4n) is 1.04. The minimum Gasteiger partial charge on any atom is -0.492 e. The van der Waals surface area contributed by atoms with Gasteiger partial charge in [0.25, 0.3) is 0 Å². The number of primary amides is 1. The van der Waals surface area contributed by atoms with Gasteiger partial charge >= 0.3 is 11.8 Å². The van der Waals surface area contributed by atoms with E-state index >= 15 is 0 Å². The first-order chi connectivity index (χ1) is 7.54. The van der Waals surface area contributed by atoms with Gasteiger partial charge in [0.05, 0.1) is 11.6 Å². The molecule has 5 nitrogen and oxygen atoms in total. The molecule has 0 heterocycles. The number of nitrogens with two attached hydrogens (primary N) is 1. The van der Waals surface area contributed by atoms with Crippen molar-refractivity contribution in [2.75, 3.05) is 11.9 Å². The molecule has 1 aromatic carbocycles. The second kappa shape index (κ2) is 5.37. The molecule has 0 aliphatic rings. The van der Waals surface area contributed by atoms with E-state index in [1.54, 1.807) is 12.1 Å². The molecule has 0 aliphatic heterocycles. The lowest BCUT2D eigenvalue weighted by atomic mass is 10.3. The van der Waals surface area contributed by atoms with Gasteiger partial charge in [-0.15, -0.1) is 0 Å². The van der Waals surface area contributed by atoms with Crippen molar-refractivity contribution >= 4 is 29.1 Å². The second-order valence-electron chi connectivity index (χ2n) is 2.90. The highest BCUT2D eigenvalue weighted by molar-refractivity contribution is 6.39. The quantitative estimate of drug-likeness (QED) is 0.781. The summed E-state index contributed by atoms with van der Waals surface area (Å²) in [4.78, 5) is 21.5. The monoisotopic (exact) mass is 242 g/mol. The zero-order chi connectivity index (χ0) is 12.1. The number of hydrogen-bond donors (Lipinski definition) is 2. The lowest BCUT2D eigenvalue weighted by molar-refractivity contribution is -0.134. The molecular weight excluding hydrogens is 232 g/mol. The van der Waals surface area contributed by atoms with Crippen molar-refractivity contribution in [1.82, 2.24) is 0 Å². The number of nitrogens with one attached hydrogen (secondary N) is 1. The van der Waals surface area contributed by atoms with Crippen molar-refractivity contribution in [2.45, 2.75) is 6.92 Å². The zero-order valence-corrected chi connectivity index (χ0v) is 9.38. The first-order valence-electron chi connectivity index (χ1n) is 4.57. The smallest absolute Gasteiger partial charge is 0.313 e. The summed E-state index contributed by atoms with van der Waals surface area (Å²) in [7, 11) is 0. The van der Waals surface area contributed by atoms with Gasteiger partial charge in [-0.1, -0.05) is 11.6 Å². The topological polar surface area (TPSA) is 81.4 Å². The van der Waals surface area contributed by atoms with Crippen LogP contribution in [0.1, 0.15) is 6.92 Å². The van der Waals surface area contributed by atoms with E-state index in [-0.39, 0.29) is 0 Å². The van der Waals surface area contributed by atoms with Crippen LogP contribution in [0.25, 0.3) is 0 Å². The Bertz CT molecular complexity index is 421. The van der Waals surface area contributed by atoms with E-state index in [0.717, 1.165) is 0 Å². The molecule has 0 bridgehead atoms. The molecule has 2 amide bonds. The minimum absolute atomic E-state index is 0.351. The first kappa shape index (κ1) is 12.3. The Hall–Kier alpha value is -1.75. The molecule has 0 saturated heterocycles. The summed E-state index contributed by atoms with van der Waals surface area (Å²) in [5.41, 5.74) is 5.18. The molecule has 6 heteroatoms. The van der Waals surface area contributed by atoms with Gasteiger partial charge in [-0.05, 0) is 25.1 Å². The maximum absolute atomic E-state index is 11.0. The number of hydrogen-bond acceptors (Lipinski definition) is 3. The summed E-state index contributed by atoms with van der Waals surface area (Å²) in [5.74, 6) is -1.42. The van der Waals surface area contributed by atoms with E-state index in [4.69, 9.17) is 22.1 Å². The van der Waals surface area contributed by atoms with Crippen molar-refractivity contribution in [3.8, 4) is 5.75 Å². The highest BCUT2D eigenvalue weighted by Gasteiger charge is 2.10. The largest absolute Gasteiger partial charge is 0.492 e. The summed E-state index contributed by atoms with van der Waals surface area (Å²) in [5, 5.41) is 2.65. The van der Waals surface area contributed by atoms with Gasteiger partial charge in [-0.3, -0.25) is 9.59 Å². The number of halogens is 1. The number of carbonyl (C=O) groups excluding carboxylic acids is 2. The van der Waals surface area contributed by atoms with Crippen molar-refractivity contribution in [2.24, 2.45) is 5.73 Å². The third-order valence-corrected chi connectivity index (χ3v) is 2.01. The van der Waals surface area contributed by atoms with Crippen LogP contribution in [0.4, 0.5) is 5.69 Å². The summed E-state index contributed by atoms with van der Waals surface area (Å²) in [6.45, 7) is 2.33. The van der Waals surface area contributed by atoms with Crippen LogP contribution in [-0.2, 0) is 9.59 Å². The molecule has 1 rings (SSSR count). The van der Waals surface area contributed by atoms with E-state index < -0.39 is 11.8 Å². The van der Waals surface area contributed by atoms with Gasteiger partial charge in [0, 0.05) is 5.69 Å². The number of anilines is 1. The van der Waals surface area contributed by atoms with Crippen LogP contribution in [0.15, 0.2) is 18.2 Å². The molecule has 0 fully saturated rings. The Labute approximate surface area is 97.5 Å². The van der Waals surface area contributed by atoms with Crippen molar-refractivity contribution in [1.29, 1.82) is 0 Å². The lowest BCUT2D eigenvalue weighted by Crippen LogP contribution is -2.29. The molecule has 0 radical (unpaired) electrons. The van der Waals surface area contributed by atoms with Gasteiger partial charge in [0.2, 0.25) is 0 Å². The Morgan fingerprint density at radius 3 is 2.69 bits per heavy atom. The third kappa shape index (κ3) is 3.13. The van der Waals surface area contributed by atoms with Crippen LogP contribution < -0.4 is 15.8 Å². The Kier molecular flexibility index (Phi) is 4.13. The Morgan fingerprint density at radius 1 is 1.50 bits per heavy atom. The molecule has 1 aromatic rings. The van der Waals surface area contributed by atoms with Crippen LogP contribution >= 0.6 is 11.6 Å².